The van der Waals surface area contributed by atoms with Crippen LogP contribution in [0.5, 0.6) is 0 Å². The van der Waals surface area contributed by atoms with Crippen molar-refractivity contribution < 1.29 is 4.39 Å². The van der Waals surface area contributed by atoms with E-state index in [1.165, 1.54) is 6.07 Å². The number of halogens is 2. The van der Waals surface area contributed by atoms with E-state index in [1.54, 1.807) is 17.8 Å². The molecule has 2 atom stereocenters. The van der Waals surface area contributed by atoms with Gasteiger partial charge in [0.25, 0.3) is 0 Å². The van der Waals surface area contributed by atoms with Gasteiger partial charge in [-0.3, -0.25) is 4.90 Å². The third-order valence-corrected chi connectivity index (χ3v) is 4.44. The molecule has 1 aromatic rings. The lowest BCUT2D eigenvalue weighted by Gasteiger charge is -2.32. The molecule has 0 radical (unpaired) electrons. The van der Waals surface area contributed by atoms with E-state index >= 15 is 0 Å². The minimum Gasteiger partial charge on any atom is -0.329 e. The Morgan fingerprint density at radius 3 is 2.72 bits per heavy atom. The Labute approximate surface area is 121 Å². The summed E-state index contributed by atoms with van der Waals surface area (Å²) in [5.74, 6) is 0.805. The SMILES string of the molecule is CSCC(C)N(C)C(CN)c1cc(Br)ccc1F. The van der Waals surface area contributed by atoms with Crippen LogP contribution in [0, 0.1) is 5.82 Å². The Morgan fingerprint density at radius 2 is 2.17 bits per heavy atom. The van der Waals surface area contributed by atoms with Gasteiger partial charge in [0.15, 0.2) is 0 Å². The summed E-state index contributed by atoms with van der Waals surface area (Å²) in [7, 11) is 2.00. The first-order chi connectivity index (χ1) is 8.51. The van der Waals surface area contributed by atoms with Crippen LogP contribution in [0.4, 0.5) is 4.39 Å². The zero-order valence-electron chi connectivity index (χ0n) is 11.0. The van der Waals surface area contributed by atoms with Crippen molar-refractivity contribution in [1.29, 1.82) is 0 Å². The van der Waals surface area contributed by atoms with Crippen LogP contribution in [0.3, 0.4) is 0 Å². The topological polar surface area (TPSA) is 29.3 Å². The van der Waals surface area contributed by atoms with Gasteiger partial charge in [0.1, 0.15) is 5.82 Å². The number of hydrogen-bond acceptors (Lipinski definition) is 3. The smallest absolute Gasteiger partial charge is 0.128 e. The van der Waals surface area contributed by atoms with Crippen LogP contribution in [-0.2, 0) is 0 Å². The van der Waals surface area contributed by atoms with Crippen molar-refractivity contribution in [3.05, 3.63) is 34.1 Å². The lowest BCUT2D eigenvalue weighted by atomic mass is 10.0. The fourth-order valence-electron chi connectivity index (χ4n) is 1.95. The van der Waals surface area contributed by atoms with Gasteiger partial charge in [-0.1, -0.05) is 15.9 Å². The predicted molar refractivity (Wildman–Crippen MR) is 81.5 cm³/mol. The maximum Gasteiger partial charge on any atom is 0.128 e. The molecule has 0 aliphatic heterocycles. The van der Waals surface area contributed by atoms with Crippen LogP contribution < -0.4 is 5.73 Å². The number of nitrogens with two attached hydrogens (primary N) is 1. The molecule has 0 amide bonds. The summed E-state index contributed by atoms with van der Waals surface area (Å²) in [6.45, 7) is 2.54. The van der Waals surface area contributed by atoms with E-state index in [9.17, 15) is 4.39 Å². The van der Waals surface area contributed by atoms with Gasteiger partial charge in [-0.2, -0.15) is 11.8 Å². The number of hydrogen-bond donors (Lipinski definition) is 1. The summed E-state index contributed by atoms with van der Waals surface area (Å²) in [5, 5.41) is 0. The van der Waals surface area contributed by atoms with Crippen molar-refractivity contribution in [2.24, 2.45) is 5.73 Å². The Bertz CT molecular complexity index is 389. The molecule has 18 heavy (non-hydrogen) atoms. The van der Waals surface area contributed by atoms with Crippen molar-refractivity contribution in [1.82, 2.24) is 4.90 Å². The Hall–Kier alpha value is -0.100. The van der Waals surface area contributed by atoms with Crippen molar-refractivity contribution in [2.45, 2.75) is 19.0 Å². The fraction of sp³-hybridized carbons (Fsp3) is 0.538. The molecule has 0 saturated carbocycles. The molecule has 0 bridgehead atoms. The first-order valence-electron chi connectivity index (χ1n) is 5.87. The van der Waals surface area contributed by atoms with Gasteiger partial charge in [0.2, 0.25) is 0 Å². The van der Waals surface area contributed by atoms with E-state index in [1.807, 2.05) is 13.1 Å². The summed E-state index contributed by atoms with van der Waals surface area (Å²) in [4.78, 5) is 2.14. The van der Waals surface area contributed by atoms with Crippen LogP contribution in [0.25, 0.3) is 0 Å². The number of likely N-dealkylation sites (N-methyl/N-ethyl adjacent to an activating group) is 1. The molecule has 2 N–H and O–H groups in total. The van der Waals surface area contributed by atoms with E-state index in [0.29, 0.717) is 18.2 Å². The van der Waals surface area contributed by atoms with E-state index in [2.05, 4.69) is 34.0 Å². The van der Waals surface area contributed by atoms with Gasteiger partial charge in [-0.05, 0) is 38.4 Å². The lowest BCUT2D eigenvalue weighted by molar-refractivity contribution is 0.200. The molecule has 2 nitrogen and oxygen atoms in total. The number of rotatable bonds is 6. The molecule has 0 heterocycles. The van der Waals surface area contributed by atoms with Crippen LogP contribution >= 0.6 is 27.7 Å². The van der Waals surface area contributed by atoms with E-state index in [-0.39, 0.29) is 11.9 Å². The highest BCUT2D eigenvalue weighted by Gasteiger charge is 2.22. The second-order valence-corrected chi connectivity index (χ2v) is 6.21. The maximum absolute atomic E-state index is 13.9. The van der Waals surface area contributed by atoms with Gasteiger partial charge in [-0.25, -0.2) is 4.39 Å². The van der Waals surface area contributed by atoms with Crippen LogP contribution in [0.15, 0.2) is 22.7 Å². The summed E-state index contributed by atoms with van der Waals surface area (Å²) < 4.78 is 14.8. The summed E-state index contributed by atoms with van der Waals surface area (Å²) in [6, 6.07) is 5.26. The van der Waals surface area contributed by atoms with Crippen molar-refractivity contribution in [3.8, 4) is 0 Å². The van der Waals surface area contributed by atoms with E-state index in [0.717, 1.165) is 10.2 Å². The maximum atomic E-state index is 13.9. The predicted octanol–water partition coefficient (Wildman–Crippen LogP) is 3.27. The molecule has 1 aromatic carbocycles. The molecule has 0 spiro atoms. The van der Waals surface area contributed by atoms with Crippen molar-refractivity contribution in [2.75, 3.05) is 25.6 Å². The fourth-order valence-corrected chi connectivity index (χ4v) is 3.04. The largest absolute Gasteiger partial charge is 0.329 e. The third-order valence-electron chi connectivity index (χ3n) is 3.14. The monoisotopic (exact) mass is 334 g/mol. The molecule has 102 valence electrons. The second-order valence-electron chi connectivity index (χ2n) is 4.39. The number of thioether (sulfide) groups is 1. The van der Waals surface area contributed by atoms with Gasteiger partial charge >= 0.3 is 0 Å². The molecule has 0 fully saturated rings. The zero-order chi connectivity index (χ0) is 13.7. The number of benzene rings is 1. The molecule has 0 aliphatic rings. The summed E-state index contributed by atoms with van der Waals surface area (Å²) in [5.41, 5.74) is 6.48. The molecule has 0 saturated heterocycles. The molecule has 1 rings (SSSR count). The average Bonchev–Trinajstić information content (AvgIpc) is 2.34. The minimum atomic E-state index is -0.197. The Balaban J connectivity index is 2.98. The Morgan fingerprint density at radius 1 is 1.50 bits per heavy atom. The second kappa shape index (κ2) is 7.48. The highest BCUT2D eigenvalue weighted by atomic mass is 79.9. The normalized spacial score (nSPS) is 14.8. The summed E-state index contributed by atoms with van der Waals surface area (Å²) in [6.07, 6.45) is 2.07. The quantitative estimate of drug-likeness (QED) is 0.865. The number of nitrogens with zero attached hydrogens (tertiary/aromatic N) is 1. The summed E-state index contributed by atoms with van der Waals surface area (Å²) >= 11 is 5.16. The molecule has 0 aliphatic carbocycles. The molecular weight excluding hydrogens is 315 g/mol. The van der Waals surface area contributed by atoms with Gasteiger partial charge in [0, 0.05) is 34.4 Å². The highest BCUT2D eigenvalue weighted by Crippen LogP contribution is 2.26. The van der Waals surface area contributed by atoms with Gasteiger partial charge in [-0.15, -0.1) is 0 Å². The van der Waals surface area contributed by atoms with Crippen molar-refractivity contribution >= 4 is 27.7 Å². The zero-order valence-corrected chi connectivity index (χ0v) is 13.4. The van der Waals surface area contributed by atoms with Crippen LogP contribution in [0.1, 0.15) is 18.5 Å². The first kappa shape index (κ1) is 16.0. The van der Waals surface area contributed by atoms with E-state index < -0.39 is 0 Å². The lowest BCUT2D eigenvalue weighted by Crippen LogP contribution is -2.38. The Kier molecular flexibility index (Phi) is 6.63. The van der Waals surface area contributed by atoms with Crippen LogP contribution in [0.2, 0.25) is 0 Å². The van der Waals surface area contributed by atoms with Crippen LogP contribution in [-0.4, -0.2) is 36.5 Å². The molecular formula is C13H20BrFN2S. The van der Waals surface area contributed by atoms with E-state index in [4.69, 9.17) is 5.73 Å². The van der Waals surface area contributed by atoms with Crippen molar-refractivity contribution in [3.63, 3.8) is 0 Å². The highest BCUT2D eigenvalue weighted by molar-refractivity contribution is 9.10. The standard InChI is InChI=1S/C13H20BrFN2S/c1-9(8-18-3)17(2)13(7-16)11-6-10(14)4-5-12(11)15/h4-6,9,13H,7-8,16H2,1-3H3. The average molecular weight is 335 g/mol. The molecule has 5 heteroatoms. The first-order valence-corrected chi connectivity index (χ1v) is 8.05. The van der Waals surface area contributed by atoms with Gasteiger partial charge < -0.3 is 5.73 Å². The van der Waals surface area contributed by atoms with Gasteiger partial charge in [0.05, 0.1) is 0 Å². The molecule has 2 unspecified atom stereocenters. The minimum absolute atomic E-state index is 0.0929. The molecule has 0 aromatic heterocycles. The third kappa shape index (κ3) is 3.95.